The molecule has 7 nitrogen and oxygen atoms in total. The summed E-state index contributed by atoms with van der Waals surface area (Å²) in [6, 6.07) is 0. The molecular weight excluding hydrogens is 484 g/mol. The molecular formula is C27H48O7Ti. The van der Waals surface area contributed by atoms with Gasteiger partial charge in [-0.2, -0.15) is 0 Å². The van der Waals surface area contributed by atoms with Gasteiger partial charge in [-0.3, -0.25) is 0 Å². The standard InChI is InChI=1S/C18H36O2.2C3H4O2.C3H7O.Ti/c1-2-3-4-5-6-7-8-9-10-11-12-13-14-15-16-17-18(19)20;2*1-2-3(4)5;1-3(2)4;/h2-17H2,1H3,(H,19,20);2*2H,1H2,(H,4,5);3H,1-2H3;/q;;;-1;+4/p-3. The third-order valence-corrected chi connectivity index (χ3v) is 8.73. The van der Waals surface area contributed by atoms with Crippen molar-refractivity contribution in [1.29, 1.82) is 0 Å². The average molecular weight is 533 g/mol. The zero-order valence-electron chi connectivity index (χ0n) is 22.3. The van der Waals surface area contributed by atoms with Gasteiger partial charge < -0.3 is 0 Å². The summed E-state index contributed by atoms with van der Waals surface area (Å²) < 4.78 is 21.2. The quantitative estimate of drug-likeness (QED) is 0.0765. The molecule has 202 valence electrons. The van der Waals surface area contributed by atoms with E-state index in [1.807, 2.05) is 0 Å². The van der Waals surface area contributed by atoms with Crippen LogP contribution in [0.25, 0.3) is 0 Å². The van der Waals surface area contributed by atoms with E-state index >= 15 is 0 Å². The normalized spacial score (nSPS) is 11.2. The number of unbranched alkanes of at least 4 members (excludes halogenated alkanes) is 14. The van der Waals surface area contributed by atoms with Gasteiger partial charge in [0.1, 0.15) is 0 Å². The van der Waals surface area contributed by atoms with Crippen LogP contribution in [-0.2, 0) is 45.8 Å². The maximum absolute atomic E-state index is 12.4. The second-order valence-corrected chi connectivity index (χ2v) is 12.0. The fourth-order valence-corrected chi connectivity index (χ4v) is 6.53. The summed E-state index contributed by atoms with van der Waals surface area (Å²) in [6.07, 6.45) is 19.8. The molecule has 0 amide bonds. The Balaban J connectivity index is 4.16. The minimum absolute atomic E-state index is 0.129. The second kappa shape index (κ2) is 21.8. The van der Waals surface area contributed by atoms with Crippen LogP contribution < -0.4 is 0 Å². The van der Waals surface area contributed by atoms with E-state index in [9.17, 15) is 14.4 Å². The summed E-state index contributed by atoms with van der Waals surface area (Å²) in [7, 11) is 0. The van der Waals surface area contributed by atoms with Gasteiger partial charge in [-0.25, -0.2) is 0 Å². The molecule has 0 fully saturated rings. The van der Waals surface area contributed by atoms with Crippen molar-refractivity contribution in [2.45, 2.75) is 130 Å². The van der Waals surface area contributed by atoms with Crippen LogP contribution in [0.15, 0.2) is 25.3 Å². The van der Waals surface area contributed by atoms with Gasteiger partial charge in [-0.1, -0.05) is 45.4 Å². The van der Waals surface area contributed by atoms with Gasteiger partial charge in [0.25, 0.3) is 0 Å². The Hall–Kier alpha value is -1.44. The van der Waals surface area contributed by atoms with Gasteiger partial charge in [-0.05, 0) is 0 Å². The van der Waals surface area contributed by atoms with Crippen molar-refractivity contribution >= 4 is 17.9 Å². The van der Waals surface area contributed by atoms with E-state index < -0.39 is 42.2 Å². The van der Waals surface area contributed by atoms with Crippen molar-refractivity contribution < 1.29 is 45.8 Å². The zero-order chi connectivity index (χ0) is 26.4. The Morgan fingerprint density at radius 3 is 1.37 bits per heavy atom. The van der Waals surface area contributed by atoms with Crippen LogP contribution >= 0.6 is 0 Å². The maximum atomic E-state index is 12.4. The van der Waals surface area contributed by atoms with E-state index in [1.54, 1.807) is 13.8 Å². The molecule has 0 aromatic heterocycles. The molecule has 0 rings (SSSR count). The Morgan fingerprint density at radius 1 is 0.657 bits per heavy atom. The van der Waals surface area contributed by atoms with E-state index in [0.717, 1.165) is 31.4 Å². The fourth-order valence-electron chi connectivity index (χ4n) is 3.58. The van der Waals surface area contributed by atoms with Crippen molar-refractivity contribution in [2.24, 2.45) is 0 Å². The van der Waals surface area contributed by atoms with E-state index in [1.165, 1.54) is 70.6 Å². The third-order valence-electron chi connectivity index (χ3n) is 5.39. The fraction of sp³-hybridized carbons (Fsp3) is 0.741. The van der Waals surface area contributed by atoms with Crippen LogP contribution in [0.5, 0.6) is 0 Å². The van der Waals surface area contributed by atoms with Gasteiger partial charge in [0.2, 0.25) is 0 Å². The van der Waals surface area contributed by atoms with Crippen molar-refractivity contribution in [3.63, 3.8) is 0 Å². The van der Waals surface area contributed by atoms with Crippen molar-refractivity contribution in [3.05, 3.63) is 25.3 Å². The molecule has 0 aliphatic rings. The van der Waals surface area contributed by atoms with Crippen molar-refractivity contribution in [3.8, 4) is 0 Å². The molecule has 0 saturated carbocycles. The summed E-state index contributed by atoms with van der Waals surface area (Å²) in [6.45, 7) is 12.2. The first-order chi connectivity index (χ1) is 16.8. The van der Waals surface area contributed by atoms with Crippen LogP contribution in [0.1, 0.15) is 124 Å². The monoisotopic (exact) mass is 532 g/mol. The molecule has 0 radical (unpaired) electrons. The minimum atomic E-state index is -5.01. The first-order valence-electron chi connectivity index (χ1n) is 13.4. The van der Waals surface area contributed by atoms with Crippen LogP contribution in [0.4, 0.5) is 0 Å². The Labute approximate surface area is 218 Å². The summed E-state index contributed by atoms with van der Waals surface area (Å²) in [5.74, 6) is -2.39. The Kier molecular flexibility index (Phi) is 20.9. The van der Waals surface area contributed by atoms with E-state index in [-0.39, 0.29) is 6.42 Å². The SMILES string of the molecule is C=CC(=O)[O][Ti]([O]C(=O)C=C)([O]C(=O)CCCCCCCCCCCCCCCCC)[O]C(C)C. The Bertz CT molecular complexity index is 597. The predicted octanol–water partition coefficient (Wildman–Crippen LogP) is 7.49. The van der Waals surface area contributed by atoms with Gasteiger partial charge in [0.15, 0.2) is 0 Å². The number of carbonyl (C=O) groups is 3. The van der Waals surface area contributed by atoms with E-state index in [0.29, 0.717) is 6.42 Å². The molecule has 0 atom stereocenters. The van der Waals surface area contributed by atoms with Crippen LogP contribution in [-0.4, -0.2) is 24.0 Å². The molecule has 0 N–H and O–H groups in total. The van der Waals surface area contributed by atoms with Crippen LogP contribution in [0, 0.1) is 0 Å². The molecule has 0 bridgehead atoms. The number of carbonyl (C=O) groups excluding carboxylic acids is 3. The van der Waals surface area contributed by atoms with E-state index in [2.05, 4.69) is 20.1 Å². The molecule has 0 aromatic rings. The molecule has 0 aliphatic heterocycles. The second-order valence-electron chi connectivity index (χ2n) is 9.09. The molecule has 0 saturated heterocycles. The molecule has 35 heavy (non-hydrogen) atoms. The average Bonchev–Trinajstić information content (AvgIpc) is 2.80. The van der Waals surface area contributed by atoms with E-state index in [4.69, 9.17) is 13.3 Å². The summed E-state index contributed by atoms with van der Waals surface area (Å²) in [5, 5.41) is 0. The molecule has 8 heteroatoms. The molecule has 0 heterocycles. The first kappa shape index (κ1) is 33.6. The van der Waals surface area contributed by atoms with Crippen LogP contribution in [0.2, 0.25) is 0 Å². The summed E-state index contributed by atoms with van der Waals surface area (Å²) in [5.41, 5.74) is 0. The van der Waals surface area contributed by atoms with Crippen molar-refractivity contribution in [1.82, 2.24) is 0 Å². The summed E-state index contributed by atoms with van der Waals surface area (Å²) in [4.78, 5) is 36.0. The third kappa shape index (κ3) is 19.4. The topological polar surface area (TPSA) is 88.1 Å². The first-order valence-corrected chi connectivity index (χ1v) is 15.9. The molecule has 0 aromatic carbocycles. The van der Waals surface area contributed by atoms with Crippen molar-refractivity contribution in [2.75, 3.05) is 0 Å². The Morgan fingerprint density at radius 2 is 1.03 bits per heavy atom. The number of hydrogen-bond donors (Lipinski definition) is 0. The van der Waals surface area contributed by atoms with Crippen LogP contribution in [0.3, 0.4) is 0 Å². The molecule has 0 aliphatic carbocycles. The van der Waals surface area contributed by atoms with Gasteiger partial charge in [-0.15, -0.1) is 0 Å². The summed E-state index contributed by atoms with van der Waals surface area (Å²) >= 11 is -5.01. The van der Waals surface area contributed by atoms with Gasteiger partial charge in [0, 0.05) is 0 Å². The van der Waals surface area contributed by atoms with Gasteiger partial charge >= 0.3 is 173 Å². The predicted molar refractivity (Wildman–Crippen MR) is 134 cm³/mol. The molecule has 0 spiro atoms. The molecule has 0 unspecified atom stereocenters. The number of rotatable bonds is 23. The zero-order valence-corrected chi connectivity index (χ0v) is 23.9. The van der Waals surface area contributed by atoms with Gasteiger partial charge in [0.05, 0.1) is 0 Å². The number of hydrogen-bond acceptors (Lipinski definition) is 7.